The van der Waals surface area contributed by atoms with Gasteiger partial charge in [-0.05, 0) is 24.3 Å². The van der Waals surface area contributed by atoms with Gasteiger partial charge in [-0.15, -0.1) is 24.8 Å². The Kier molecular flexibility index (Phi) is 8.02. The lowest BCUT2D eigenvalue weighted by molar-refractivity contribution is 0.327. The van der Waals surface area contributed by atoms with Crippen molar-refractivity contribution in [2.75, 3.05) is 26.6 Å². The molecule has 3 rings (SSSR count). The third-order valence-electron chi connectivity index (χ3n) is 3.54. The summed E-state index contributed by atoms with van der Waals surface area (Å²) in [6.07, 6.45) is 1.48. The Morgan fingerprint density at radius 3 is 2.12 bits per heavy atom. The summed E-state index contributed by atoms with van der Waals surface area (Å²) in [4.78, 5) is 8.63. The molecule has 0 aliphatic rings. The van der Waals surface area contributed by atoms with Crippen molar-refractivity contribution >= 4 is 58.8 Å². The highest BCUT2D eigenvalue weighted by Gasteiger charge is 2.20. The number of methoxy groups -OCH3 is 3. The molecule has 26 heavy (non-hydrogen) atoms. The van der Waals surface area contributed by atoms with Gasteiger partial charge in [0.1, 0.15) is 12.1 Å². The van der Waals surface area contributed by atoms with E-state index in [0.717, 1.165) is 5.69 Å². The summed E-state index contributed by atoms with van der Waals surface area (Å²) in [7, 11) is 4.69. The van der Waals surface area contributed by atoms with Gasteiger partial charge in [-0.25, -0.2) is 9.97 Å². The van der Waals surface area contributed by atoms with E-state index in [2.05, 4.69) is 15.3 Å². The predicted molar refractivity (Wildman–Crippen MR) is 108 cm³/mol. The van der Waals surface area contributed by atoms with Crippen molar-refractivity contribution in [3.63, 3.8) is 0 Å². The van der Waals surface area contributed by atoms with Crippen LogP contribution in [-0.4, -0.2) is 31.3 Å². The van der Waals surface area contributed by atoms with E-state index in [-0.39, 0.29) is 24.8 Å². The van der Waals surface area contributed by atoms with Crippen LogP contribution in [0.1, 0.15) is 0 Å². The molecule has 0 saturated heterocycles. The summed E-state index contributed by atoms with van der Waals surface area (Å²) in [5.74, 6) is 2.13. The van der Waals surface area contributed by atoms with Crippen molar-refractivity contribution in [1.29, 1.82) is 0 Å². The summed E-state index contributed by atoms with van der Waals surface area (Å²) in [5, 5.41) is 4.62. The first kappa shape index (κ1) is 21.9. The van der Waals surface area contributed by atoms with Crippen LogP contribution in [0.25, 0.3) is 10.9 Å². The first-order valence-electron chi connectivity index (χ1n) is 7.14. The number of ether oxygens (including phenoxy) is 3. The molecule has 1 heterocycles. The molecule has 1 aromatic heterocycles. The maximum Gasteiger partial charge on any atom is 0.204 e. The molecule has 2 aromatic carbocycles. The number of rotatable bonds is 5. The first-order valence-corrected chi connectivity index (χ1v) is 7.52. The Morgan fingerprint density at radius 2 is 1.54 bits per heavy atom. The number of aromatic nitrogens is 2. The number of hydrogen-bond acceptors (Lipinski definition) is 6. The zero-order valence-electron chi connectivity index (χ0n) is 14.3. The summed E-state index contributed by atoms with van der Waals surface area (Å²) in [6.45, 7) is 0. The van der Waals surface area contributed by atoms with Crippen LogP contribution in [-0.2, 0) is 0 Å². The first-order chi connectivity index (χ1) is 11.7. The predicted octanol–water partition coefficient (Wildman–Crippen LogP) is 4.90. The van der Waals surface area contributed by atoms with E-state index in [4.69, 9.17) is 25.8 Å². The van der Waals surface area contributed by atoms with Crippen molar-refractivity contribution in [3.05, 3.63) is 41.7 Å². The van der Waals surface area contributed by atoms with E-state index in [1.54, 1.807) is 39.5 Å². The van der Waals surface area contributed by atoms with Crippen molar-refractivity contribution < 1.29 is 14.2 Å². The van der Waals surface area contributed by atoms with Gasteiger partial charge in [-0.1, -0.05) is 11.6 Å². The maximum absolute atomic E-state index is 5.93. The van der Waals surface area contributed by atoms with E-state index >= 15 is 0 Å². The van der Waals surface area contributed by atoms with Gasteiger partial charge in [0.2, 0.25) is 5.75 Å². The summed E-state index contributed by atoms with van der Waals surface area (Å²) in [6, 6.07) is 9.11. The SMILES string of the molecule is COc1cc2ncnc(Nc3ccc(Cl)cc3)c2c(OC)c1OC.Cl.Cl. The van der Waals surface area contributed by atoms with Crippen molar-refractivity contribution in [1.82, 2.24) is 9.97 Å². The molecule has 0 saturated carbocycles. The fraction of sp³-hybridized carbons (Fsp3) is 0.176. The zero-order valence-corrected chi connectivity index (χ0v) is 16.7. The molecule has 140 valence electrons. The summed E-state index contributed by atoms with van der Waals surface area (Å²) >= 11 is 5.93. The monoisotopic (exact) mass is 417 g/mol. The Hall–Kier alpha value is -2.15. The molecule has 0 spiro atoms. The number of anilines is 2. The second-order valence-corrected chi connectivity index (χ2v) is 5.33. The summed E-state index contributed by atoms with van der Waals surface area (Å²) in [5.41, 5.74) is 1.52. The minimum absolute atomic E-state index is 0. The van der Waals surface area contributed by atoms with Gasteiger partial charge in [-0.2, -0.15) is 0 Å². The van der Waals surface area contributed by atoms with Crippen molar-refractivity contribution in [2.45, 2.75) is 0 Å². The van der Waals surface area contributed by atoms with Crippen molar-refractivity contribution in [2.24, 2.45) is 0 Å². The third kappa shape index (κ3) is 4.15. The van der Waals surface area contributed by atoms with Gasteiger partial charge in [-0.3, -0.25) is 0 Å². The largest absolute Gasteiger partial charge is 0.493 e. The normalized spacial score (nSPS) is 9.69. The van der Waals surface area contributed by atoms with E-state index in [0.29, 0.717) is 39.0 Å². The van der Waals surface area contributed by atoms with E-state index in [1.165, 1.54) is 6.33 Å². The summed E-state index contributed by atoms with van der Waals surface area (Å²) < 4.78 is 16.3. The van der Waals surface area contributed by atoms with E-state index < -0.39 is 0 Å². The zero-order chi connectivity index (χ0) is 17.1. The lowest BCUT2D eigenvalue weighted by Crippen LogP contribution is -2.01. The highest BCUT2D eigenvalue weighted by Crippen LogP contribution is 2.45. The number of benzene rings is 2. The van der Waals surface area contributed by atoms with Crippen molar-refractivity contribution in [3.8, 4) is 17.2 Å². The average Bonchev–Trinajstić information content (AvgIpc) is 2.62. The Bertz CT molecular complexity index is 876. The molecular weight excluding hydrogens is 401 g/mol. The van der Waals surface area contributed by atoms with Gasteiger partial charge in [0.15, 0.2) is 11.5 Å². The van der Waals surface area contributed by atoms with Crippen LogP contribution < -0.4 is 19.5 Å². The molecule has 0 unspecified atom stereocenters. The third-order valence-corrected chi connectivity index (χ3v) is 3.79. The molecule has 0 fully saturated rings. The van der Waals surface area contributed by atoms with Crippen LogP contribution in [0.4, 0.5) is 11.5 Å². The molecule has 0 bridgehead atoms. The topological polar surface area (TPSA) is 65.5 Å². The highest BCUT2D eigenvalue weighted by molar-refractivity contribution is 6.30. The average molecular weight is 419 g/mol. The quantitative estimate of drug-likeness (QED) is 0.636. The maximum atomic E-state index is 5.93. The number of halogens is 3. The van der Waals surface area contributed by atoms with Gasteiger partial charge in [0.25, 0.3) is 0 Å². The van der Waals surface area contributed by atoms with Crippen LogP contribution in [0, 0.1) is 0 Å². The fourth-order valence-corrected chi connectivity index (χ4v) is 2.58. The van der Waals surface area contributed by atoms with E-state index in [1.807, 2.05) is 12.1 Å². The van der Waals surface area contributed by atoms with Gasteiger partial charge >= 0.3 is 0 Å². The van der Waals surface area contributed by atoms with E-state index in [9.17, 15) is 0 Å². The molecule has 0 radical (unpaired) electrons. The van der Waals surface area contributed by atoms with Crippen LogP contribution >= 0.6 is 36.4 Å². The van der Waals surface area contributed by atoms with Crippen LogP contribution in [0.5, 0.6) is 17.2 Å². The fourth-order valence-electron chi connectivity index (χ4n) is 2.45. The van der Waals surface area contributed by atoms with Crippen LogP contribution in [0.3, 0.4) is 0 Å². The standard InChI is InChI=1S/C17H16ClN3O3.2ClH/c1-22-13-8-12-14(16(24-3)15(13)23-2)17(20-9-19-12)21-11-6-4-10(18)5-7-11;;/h4-9H,1-3H3,(H,19,20,21);2*1H. The Morgan fingerprint density at radius 1 is 0.885 bits per heavy atom. The lowest BCUT2D eigenvalue weighted by atomic mass is 10.1. The molecule has 0 aliphatic carbocycles. The number of nitrogens with one attached hydrogen (secondary N) is 1. The van der Waals surface area contributed by atoms with Crippen LogP contribution in [0.15, 0.2) is 36.7 Å². The molecule has 0 atom stereocenters. The lowest BCUT2D eigenvalue weighted by Gasteiger charge is -2.16. The Balaban J connectivity index is 0.00000169. The van der Waals surface area contributed by atoms with Gasteiger partial charge in [0, 0.05) is 16.8 Å². The minimum Gasteiger partial charge on any atom is -0.493 e. The second-order valence-electron chi connectivity index (χ2n) is 4.89. The second kappa shape index (κ2) is 9.52. The molecule has 3 aromatic rings. The van der Waals surface area contributed by atoms with Crippen LogP contribution in [0.2, 0.25) is 5.02 Å². The number of hydrogen-bond donors (Lipinski definition) is 1. The Labute approximate surface area is 168 Å². The molecular formula is C17H18Cl3N3O3. The number of nitrogens with zero attached hydrogens (tertiary/aromatic N) is 2. The van der Waals surface area contributed by atoms with Gasteiger partial charge < -0.3 is 19.5 Å². The van der Waals surface area contributed by atoms with Gasteiger partial charge in [0.05, 0.1) is 32.2 Å². The molecule has 0 amide bonds. The molecule has 0 aliphatic heterocycles. The molecule has 6 nitrogen and oxygen atoms in total. The molecule has 1 N–H and O–H groups in total. The minimum atomic E-state index is 0. The smallest absolute Gasteiger partial charge is 0.204 e. The molecule has 9 heteroatoms. The number of fused-ring (bicyclic) bond motifs is 1. The highest BCUT2D eigenvalue weighted by atomic mass is 35.5.